The summed E-state index contributed by atoms with van der Waals surface area (Å²) < 4.78 is 20.8. The van der Waals surface area contributed by atoms with Gasteiger partial charge in [0.1, 0.15) is 28.6 Å². The number of rotatable bonds is 8. The van der Waals surface area contributed by atoms with E-state index in [0.717, 1.165) is 134 Å². The van der Waals surface area contributed by atoms with Gasteiger partial charge < -0.3 is 23.7 Å². The highest BCUT2D eigenvalue weighted by Crippen LogP contribution is 2.57. The molecule has 0 bridgehead atoms. The number of hydrogen-bond acceptors (Lipinski definition) is 5. The van der Waals surface area contributed by atoms with Gasteiger partial charge >= 0.3 is 0 Å². The van der Waals surface area contributed by atoms with Crippen LogP contribution in [0.3, 0.4) is 0 Å². The molecule has 0 amide bonds. The first-order chi connectivity index (χ1) is 34.2. The second kappa shape index (κ2) is 15.7. The molecule has 69 heavy (non-hydrogen) atoms. The van der Waals surface area contributed by atoms with E-state index in [9.17, 15) is 0 Å². The molecule has 1 aromatic heterocycles. The SMILES string of the molecule is c1ccc(-c2ccccc2N(c2ccccc2)c2ccc3c(c2)Oc2ccc4c5c(ccc-3c25)Oc2cc(N(c3ccccc3)c3cccc5c3oc3c(-c6ccccc6)cccc35)ccc2-4)cc1. The maximum absolute atomic E-state index is 6.96. The van der Waals surface area contributed by atoms with E-state index >= 15 is 0 Å². The van der Waals surface area contributed by atoms with Crippen molar-refractivity contribution in [2.24, 2.45) is 0 Å². The van der Waals surface area contributed by atoms with E-state index < -0.39 is 0 Å². The van der Waals surface area contributed by atoms with Gasteiger partial charge in [-0.15, -0.1) is 0 Å². The van der Waals surface area contributed by atoms with Crippen LogP contribution in [0, 0.1) is 0 Å². The molecule has 0 fully saturated rings. The molecule has 5 heteroatoms. The Labute approximate surface area is 398 Å². The third-order valence-electron chi connectivity index (χ3n) is 13.6. The van der Waals surface area contributed by atoms with E-state index in [0.29, 0.717) is 0 Å². The summed E-state index contributed by atoms with van der Waals surface area (Å²) in [6.45, 7) is 0. The number of para-hydroxylation sites is 5. The van der Waals surface area contributed by atoms with Gasteiger partial charge in [0.2, 0.25) is 0 Å². The molecule has 11 aromatic carbocycles. The lowest BCUT2D eigenvalue weighted by atomic mass is 9.88. The Bertz CT molecular complexity index is 3960. The van der Waals surface area contributed by atoms with E-state index in [1.54, 1.807) is 0 Å². The smallest absolute Gasteiger partial charge is 0.159 e. The average molecular weight is 885 g/mol. The molecule has 0 aliphatic carbocycles. The number of benzene rings is 11. The van der Waals surface area contributed by atoms with Gasteiger partial charge in [0.25, 0.3) is 0 Å². The molecule has 0 saturated carbocycles. The van der Waals surface area contributed by atoms with Crippen LogP contribution in [0.4, 0.5) is 34.1 Å². The maximum Gasteiger partial charge on any atom is 0.159 e. The molecule has 324 valence electrons. The Morgan fingerprint density at radius 1 is 0.261 bits per heavy atom. The first-order valence-electron chi connectivity index (χ1n) is 23.3. The molecular weight excluding hydrogens is 845 g/mol. The van der Waals surface area contributed by atoms with Gasteiger partial charge in [-0.1, -0.05) is 146 Å². The van der Waals surface area contributed by atoms with Crippen LogP contribution in [-0.4, -0.2) is 0 Å². The van der Waals surface area contributed by atoms with Crippen LogP contribution in [0.15, 0.2) is 247 Å². The minimum Gasteiger partial charge on any atom is -0.456 e. The normalized spacial score (nSPS) is 12.0. The monoisotopic (exact) mass is 884 g/mol. The summed E-state index contributed by atoms with van der Waals surface area (Å²) in [6, 6.07) is 85.1. The molecule has 0 radical (unpaired) electrons. The van der Waals surface area contributed by atoms with Crippen molar-refractivity contribution >= 4 is 66.8 Å². The van der Waals surface area contributed by atoms with Crippen molar-refractivity contribution < 1.29 is 13.9 Å². The van der Waals surface area contributed by atoms with Gasteiger partial charge in [-0.25, -0.2) is 0 Å². The van der Waals surface area contributed by atoms with E-state index in [4.69, 9.17) is 13.9 Å². The van der Waals surface area contributed by atoms with Crippen molar-refractivity contribution in [1.82, 2.24) is 0 Å². The highest BCUT2D eigenvalue weighted by Gasteiger charge is 2.30. The van der Waals surface area contributed by atoms with Crippen molar-refractivity contribution in [3.63, 3.8) is 0 Å². The predicted molar refractivity (Wildman–Crippen MR) is 282 cm³/mol. The summed E-state index contributed by atoms with van der Waals surface area (Å²) in [6.07, 6.45) is 0. The van der Waals surface area contributed by atoms with E-state index in [-0.39, 0.29) is 0 Å². The molecule has 5 nitrogen and oxygen atoms in total. The molecule has 2 aliphatic heterocycles. The van der Waals surface area contributed by atoms with Gasteiger partial charge in [0.05, 0.1) is 17.1 Å². The van der Waals surface area contributed by atoms with Crippen molar-refractivity contribution in [1.29, 1.82) is 0 Å². The molecule has 0 saturated heterocycles. The first-order valence-corrected chi connectivity index (χ1v) is 23.3. The van der Waals surface area contributed by atoms with Crippen LogP contribution in [0.5, 0.6) is 23.0 Å². The third kappa shape index (κ3) is 6.25. The predicted octanol–water partition coefficient (Wildman–Crippen LogP) is 18.6. The minimum absolute atomic E-state index is 0.783. The van der Waals surface area contributed by atoms with Crippen LogP contribution in [0.1, 0.15) is 0 Å². The van der Waals surface area contributed by atoms with Gasteiger partial charge in [0.15, 0.2) is 5.58 Å². The topological polar surface area (TPSA) is 38.1 Å². The molecule has 0 N–H and O–H groups in total. The van der Waals surface area contributed by atoms with Crippen LogP contribution in [-0.2, 0) is 0 Å². The molecule has 0 atom stereocenters. The Morgan fingerprint density at radius 2 is 0.696 bits per heavy atom. The highest BCUT2D eigenvalue weighted by atomic mass is 16.5. The summed E-state index contributed by atoms with van der Waals surface area (Å²) in [5.41, 5.74) is 16.5. The molecule has 0 spiro atoms. The van der Waals surface area contributed by atoms with Gasteiger partial charge in [0, 0.05) is 73.0 Å². The van der Waals surface area contributed by atoms with E-state index in [1.165, 1.54) is 0 Å². The highest BCUT2D eigenvalue weighted by molar-refractivity contribution is 6.16. The maximum atomic E-state index is 6.96. The zero-order valence-corrected chi connectivity index (χ0v) is 37.2. The Balaban J connectivity index is 0.867. The first kappa shape index (κ1) is 38.9. The van der Waals surface area contributed by atoms with Gasteiger partial charge in [-0.3, -0.25) is 0 Å². The fourth-order valence-electron chi connectivity index (χ4n) is 10.6. The summed E-state index contributed by atoms with van der Waals surface area (Å²) in [5.74, 6) is 3.19. The Morgan fingerprint density at radius 3 is 1.28 bits per heavy atom. The second-order valence-electron chi connectivity index (χ2n) is 17.6. The summed E-state index contributed by atoms with van der Waals surface area (Å²) in [4.78, 5) is 4.59. The Kier molecular flexibility index (Phi) is 8.83. The lowest BCUT2D eigenvalue weighted by Crippen LogP contribution is -2.12. The number of furan rings is 1. The number of fused-ring (bicyclic) bond motifs is 7. The van der Waals surface area contributed by atoms with Crippen molar-refractivity contribution in [3.8, 4) is 67.5 Å². The molecule has 2 aliphatic rings. The molecule has 12 aromatic rings. The quantitative estimate of drug-likeness (QED) is 0.152. The fourth-order valence-corrected chi connectivity index (χ4v) is 10.6. The minimum atomic E-state index is 0.783. The standard InChI is InChI=1S/C64H40N2O3/c1-5-17-41(18-6-1)47-25-13-14-29-55(47)65(43-21-9-3-10-22-43)45-31-33-49-51-35-38-58-62-52(36-37-57(61(51)62)67-59(49)39-45)50-34-32-46(40-60(50)68-58)66(44-23-11-4-12-24-44)56-30-16-28-54-53-27-15-26-48(63(53)69-64(54)56)42-19-7-2-8-20-42/h1-40H. The van der Waals surface area contributed by atoms with Crippen LogP contribution >= 0.6 is 0 Å². The van der Waals surface area contributed by atoms with Crippen LogP contribution in [0.25, 0.3) is 77.2 Å². The van der Waals surface area contributed by atoms with Crippen molar-refractivity contribution in [3.05, 3.63) is 243 Å². The number of hydrogen-bond donors (Lipinski definition) is 0. The zero-order chi connectivity index (χ0) is 45.4. The Hall–Kier alpha value is -9.32. The largest absolute Gasteiger partial charge is 0.456 e. The molecule has 3 heterocycles. The van der Waals surface area contributed by atoms with E-state index in [1.807, 2.05) is 12.1 Å². The summed E-state index contributed by atoms with van der Waals surface area (Å²) in [7, 11) is 0. The van der Waals surface area contributed by atoms with Crippen molar-refractivity contribution in [2.45, 2.75) is 0 Å². The van der Waals surface area contributed by atoms with Gasteiger partial charge in [-0.05, 0) is 107 Å². The third-order valence-corrected chi connectivity index (χ3v) is 13.6. The second-order valence-corrected chi connectivity index (χ2v) is 17.6. The lowest BCUT2D eigenvalue weighted by Gasteiger charge is -2.31. The van der Waals surface area contributed by atoms with Gasteiger partial charge in [-0.2, -0.15) is 0 Å². The molecule has 0 unspecified atom stereocenters. The number of anilines is 6. The number of ether oxygens (including phenoxy) is 2. The fraction of sp³-hybridized carbons (Fsp3) is 0. The van der Waals surface area contributed by atoms with E-state index in [2.05, 4.69) is 240 Å². The molecule has 14 rings (SSSR count). The average Bonchev–Trinajstić information content (AvgIpc) is 3.81. The summed E-state index contributed by atoms with van der Waals surface area (Å²) in [5, 5.41) is 4.24. The van der Waals surface area contributed by atoms with Crippen LogP contribution in [0.2, 0.25) is 0 Å². The zero-order valence-electron chi connectivity index (χ0n) is 37.2. The van der Waals surface area contributed by atoms with Crippen molar-refractivity contribution in [2.75, 3.05) is 9.80 Å². The molecular formula is C64H40N2O3. The lowest BCUT2D eigenvalue weighted by molar-refractivity contribution is 0.480. The summed E-state index contributed by atoms with van der Waals surface area (Å²) >= 11 is 0. The number of nitrogens with zero attached hydrogens (tertiary/aromatic N) is 2. The van der Waals surface area contributed by atoms with Crippen LogP contribution < -0.4 is 19.3 Å².